The maximum Gasteiger partial charge on any atom is 0.253 e. The molecule has 3 heterocycles. The molecule has 7 rings (SSSR count). The maximum absolute atomic E-state index is 12.1. The van der Waals surface area contributed by atoms with Gasteiger partial charge in [0.1, 0.15) is 11.6 Å². The second-order valence-electron chi connectivity index (χ2n) is 12.2. The third-order valence-electron chi connectivity index (χ3n) is 9.02. The first-order valence-corrected chi connectivity index (χ1v) is 16.1. The van der Waals surface area contributed by atoms with Gasteiger partial charge in [-0.2, -0.15) is 0 Å². The van der Waals surface area contributed by atoms with Gasteiger partial charge in [0, 0.05) is 74.3 Å². The van der Waals surface area contributed by atoms with Crippen LogP contribution in [-0.4, -0.2) is 26.1 Å². The van der Waals surface area contributed by atoms with E-state index in [1.54, 1.807) is 24.0 Å². The van der Waals surface area contributed by atoms with Crippen molar-refractivity contribution in [2.45, 2.75) is 58.3 Å². The van der Waals surface area contributed by atoms with E-state index in [4.69, 9.17) is 11.6 Å². The lowest BCUT2D eigenvalue weighted by Crippen LogP contribution is -2.19. The van der Waals surface area contributed by atoms with E-state index in [1.165, 1.54) is 27.8 Å². The molecule has 2 aromatic carbocycles. The predicted octanol–water partition coefficient (Wildman–Crippen LogP) is 6.79. The number of aromatic nitrogens is 3. The largest absolute Gasteiger partial charge is 0.318 e. The number of halogens is 1. The van der Waals surface area contributed by atoms with Crippen LogP contribution in [0.4, 0.5) is 0 Å². The molecular formula is C39H36ClN3O3. The lowest BCUT2D eigenvalue weighted by atomic mass is 9.82. The van der Waals surface area contributed by atoms with Crippen LogP contribution in [0.3, 0.4) is 0 Å². The number of benzene rings is 2. The Kier molecular flexibility index (Phi) is 9.36. The Labute approximate surface area is 274 Å². The van der Waals surface area contributed by atoms with Crippen molar-refractivity contribution in [2.75, 3.05) is 0 Å². The molecule has 0 fully saturated rings. The van der Waals surface area contributed by atoms with Crippen molar-refractivity contribution in [2.24, 2.45) is 7.05 Å². The van der Waals surface area contributed by atoms with Crippen molar-refractivity contribution in [3.05, 3.63) is 151 Å². The number of aryl methyl sites for hydroxylation is 2. The zero-order chi connectivity index (χ0) is 32.2. The van der Waals surface area contributed by atoms with Crippen molar-refractivity contribution < 1.29 is 9.59 Å². The van der Waals surface area contributed by atoms with Crippen LogP contribution in [0.1, 0.15) is 62.9 Å². The van der Waals surface area contributed by atoms with Gasteiger partial charge in [0.25, 0.3) is 5.56 Å². The number of nitrogens with zero attached hydrogens (tertiary/aromatic N) is 3. The van der Waals surface area contributed by atoms with Gasteiger partial charge in [-0.05, 0) is 125 Å². The van der Waals surface area contributed by atoms with Crippen molar-refractivity contribution in [1.82, 2.24) is 14.5 Å². The van der Waals surface area contributed by atoms with E-state index in [-0.39, 0.29) is 5.56 Å². The third kappa shape index (κ3) is 6.92. The SMILES string of the molecule is Cc1cc(-c2ccc3c(c2Cc2ccncc2)CCC(=O)C3)cn(C)c1=O.O=C1CCc2c(ccc(Cl)c2Cc2ccncc2)C1. The van der Waals surface area contributed by atoms with Crippen molar-refractivity contribution in [1.29, 1.82) is 0 Å². The lowest BCUT2D eigenvalue weighted by molar-refractivity contribution is -0.119. The molecule has 0 aliphatic heterocycles. The van der Waals surface area contributed by atoms with Gasteiger partial charge in [0.2, 0.25) is 0 Å². The molecule has 2 aliphatic rings. The summed E-state index contributed by atoms with van der Waals surface area (Å²) in [4.78, 5) is 43.7. The summed E-state index contributed by atoms with van der Waals surface area (Å²) in [6.45, 7) is 1.85. The Balaban J connectivity index is 0.000000172. The molecule has 0 radical (unpaired) electrons. The number of carbonyl (C=O) groups excluding carboxylic acids is 2. The fourth-order valence-corrected chi connectivity index (χ4v) is 6.88. The number of fused-ring (bicyclic) bond motifs is 2. The fraction of sp³-hybridized carbons (Fsp3) is 0.256. The van der Waals surface area contributed by atoms with Crippen LogP contribution in [0.2, 0.25) is 5.02 Å². The molecule has 7 heteroatoms. The highest BCUT2D eigenvalue weighted by Gasteiger charge is 2.22. The summed E-state index contributed by atoms with van der Waals surface area (Å²) in [6.07, 6.45) is 14.6. The van der Waals surface area contributed by atoms with Crippen LogP contribution in [-0.2, 0) is 55.2 Å². The average Bonchev–Trinajstić information content (AvgIpc) is 3.06. The molecule has 0 bridgehead atoms. The summed E-state index contributed by atoms with van der Waals surface area (Å²) in [5, 5.41) is 0.796. The van der Waals surface area contributed by atoms with Gasteiger partial charge in [-0.1, -0.05) is 29.8 Å². The minimum absolute atomic E-state index is 0.0259. The second-order valence-corrected chi connectivity index (χ2v) is 12.6. The Morgan fingerprint density at radius 2 is 1.22 bits per heavy atom. The predicted molar refractivity (Wildman–Crippen MR) is 181 cm³/mol. The summed E-state index contributed by atoms with van der Waals surface area (Å²) in [6, 6.07) is 18.1. The molecule has 232 valence electrons. The zero-order valence-electron chi connectivity index (χ0n) is 26.2. The average molecular weight is 630 g/mol. The van der Waals surface area contributed by atoms with Gasteiger partial charge >= 0.3 is 0 Å². The highest BCUT2D eigenvalue weighted by atomic mass is 35.5. The monoisotopic (exact) mass is 629 g/mol. The van der Waals surface area contributed by atoms with Crippen molar-refractivity contribution in [3.8, 4) is 11.1 Å². The number of pyridine rings is 3. The number of rotatable bonds is 5. The molecule has 6 nitrogen and oxygen atoms in total. The zero-order valence-corrected chi connectivity index (χ0v) is 26.9. The Bertz CT molecular complexity index is 1960. The van der Waals surface area contributed by atoms with E-state index >= 15 is 0 Å². The van der Waals surface area contributed by atoms with Gasteiger partial charge in [0.15, 0.2) is 0 Å². The van der Waals surface area contributed by atoms with Crippen LogP contribution in [0, 0.1) is 6.92 Å². The second kappa shape index (κ2) is 13.8. The number of hydrogen-bond donors (Lipinski definition) is 0. The summed E-state index contributed by atoms with van der Waals surface area (Å²) < 4.78 is 1.64. The quantitative estimate of drug-likeness (QED) is 0.214. The Morgan fingerprint density at radius 1 is 0.696 bits per heavy atom. The molecule has 0 amide bonds. The van der Waals surface area contributed by atoms with E-state index in [9.17, 15) is 14.4 Å². The standard InChI is InChI=1S/C23H22N2O2.C16H14ClNO/c1-15-11-18(14-25(2)23(15)27)21-5-3-17-13-19(26)4-6-20(17)22(21)12-16-7-9-24-10-8-16;17-16-4-1-12-10-13(19)2-3-14(12)15(16)9-11-5-7-18-8-6-11/h3,5,7-11,14H,4,6,12-13H2,1-2H3;1,4-8H,2-3,9-10H2. The van der Waals surface area contributed by atoms with Gasteiger partial charge in [-0.3, -0.25) is 24.4 Å². The number of hydrogen-bond acceptors (Lipinski definition) is 5. The summed E-state index contributed by atoms with van der Waals surface area (Å²) in [5.74, 6) is 0.632. The van der Waals surface area contributed by atoms with Crippen molar-refractivity contribution in [3.63, 3.8) is 0 Å². The van der Waals surface area contributed by atoms with E-state index in [2.05, 4.69) is 22.1 Å². The molecule has 0 saturated heterocycles. The first-order valence-electron chi connectivity index (χ1n) is 15.7. The lowest BCUT2D eigenvalue weighted by Gasteiger charge is -2.22. The molecule has 0 saturated carbocycles. The highest BCUT2D eigenvalue weighted by Crippen LogP contribution is 2.34. The molecule has 0 unspecified atom stereocenters. The number of Topliss-reactive ketones (excluding diaryl/α,β-unsaturated/α-hetero) is 2. The minimum Gasteiger partial charge on any atom is -0.318 e. The Morgan fingerprint density at radius 3 is 1.78 bits per heavy atom. The van der Waals surface area contributed by atoms with E-state index in [0.29, 0.717) is 37.2 Å². The molecule has 3 aromatic heterocycles. The number of carbonyl (C=O) groups is 2. The van der Waals surface area contributed by atoms with E-state index in [0.717, 1.165) is 64.1 Å². The molecule has 0 atom stereocenters. The molecule has 0 N–H and O–H groups in total. The molecule has 46 heavy (non-hydrogen) atoms. The highest BCUT2D eigenvalue weighted by molar-refractivity contribution is 6.31. The maximum atomic E-state index is 12.1. The normalized spacial score (nSPS) is 13.8. The first-order chi connectivity index (χ1) is 22.3. The number of ketones is 2. The summed E-state index contributed by atoms with van der Waals surface area (Å²) in [5.41, 5.74) is 12.6. The molecule has 2 aliphatic carbocycles. The van der Waals surface area contributed by atoms with Crippen LogP contribution in [0.15, 0.2) is 90.4 Å². The Hall–Kier alpha value is -4.68. The smallest absolute Gasteiger partial charge is 0.253 e. The van der Waals surface area contributed by atoms with Crippen LogP contribution in [0.5, 0.6) is 0 Å². The fourth-order valence-electron chi connectivity index (χ4n) is 6.64. The van der Waals surface area contributed by atoms with Gasteiger partial charge in [-0.25, -0.2) is 0 Å². The summed E-state index contributed by atoms with van der Waals surface area (Å²) in [7, 11) is 1.79. The van der Waals surface area contributed by atoms with Crippen LogP contribution < -0.4 is 5.56 Å². The topological polar surface area (TPSA) is 81.9 Å². The van der Waals surface area contributed by atoms with Gasteiger partial charge < -0.3 is 4.57 Å². The third-order valence-corrected chi connectivity index (χ3v) is 9.37. The van der Waals surface area contributed by atoms with Gasteiger partial charge in [0.05, 0.1) is 0 Å². The molecule has 0 spiro atoms. The molecular weight excluding hydrogens is 594 g/mol. The van der Waals surface area contributed by atoms with E-state index < -0.39 is 0 Å². The van der Waals surface area contributed by atoms with Crippen LogP contribution in [0.25, 0.3) is 11.1 Å². The first kappa shape index (κ1) is 31.3. The molecule has 5 aromatic rings. The van der Waals surface area contributed by atoms with Crippen LogP contribution >= 0.6 is 11.6 Å². The van der Waals surface area contributed by atoms with Gasteiger partial charge in [-0.15, -0.1) is 0 Å². The van der Waals surface area contributed by atoms with Crippen molar-refractivity contribution >= 4 is 23.2 Å². The van der Waals surface area contributed by atoms with E-state index in [1.807, 2.05) is 68.0 Å². The summed E-state index contributed by atoms with van der Waals surface area (Å²) >= 11 is 6.35. The minimum atomic E-state index is 0.0259.